The third kappa shape index (κ3) is 3.81. The maximum absolute atomic E-state index is 9.48. The van der Waals surface area contributed by atoms with Crippen molar-refractivity contribution in [2.75, 3.05) is 0 Å². The molecule has 0 radical (unpaired) electrons. The van der Waals surface area contributed by atoms with Crippen LogP contribution in [0.15, 0.2) is 164 Å². The van der Waals surface area contributed by atoms with Gasteiger partial charge in [-0.25, -0.2) is 0 Å². The van der Waals surface area contributed by atoms with Crippen LogP contribution in [0.3, 0.4) is 0 Å². The Morgan fingerprint density at radius 1 is 0.396 bits per heavy atom. The quantitative estimate of drug-likeness (QED) is 0.183. The van der Waals surface area contributed by atoms with Crippen LogP contribution >= 0.6 is 0 Å². The van der Waals surface area contributed by atoms with Crippen molar-refractivity contribution in [3.05, 3.63) is 169 Å². The van der Waals surface area contributed by atoms with E-state index in [0.717, 1.165) is 22.1 Å². The van der Waals surface area contributed by atoms with E-state index in [0.29, 0.717) is 5.56 Å². The summed E-state index contributed by atoms with van der Waals surface area (Å²) in [6.07, 6.45) is 0. The molecule has 2 aromatic heterocycles. The molecule has 0 spiro atoms. The van der Waals surface area contributed by atoms with E-state index < -0.39 is 0 Å². The van der Waals surface area contributed by atoms with Crippen LogP contribution in [0, 0.1) is 11.3 Å². The molecule has 10 aromatic rings. The SMILES string of the molecule is N#Cc1ccc2c(ccc3ccc(-n4c5ccccc5c5c(-c6ccc7c8ccccc8n(-c8ccccc8)c7c6)cccc54)cc32)c1. The van der Waals surface area contributed by atoms with E-state index in [1.54, 1.807) is 0 Å². The molecule has 0 saturated carbocycles. The molecule has 222 valence electrons. The molecule has 0 aliphatic carbocycles. The van der Waals surface area contributed by atoms with Gasteiger partial charge in [0, 0.05) is 32.9 Å². The van der Waals surface area contributed by atoms with Crippen molar-refractivity contribution in [1.82, 2.24) is 9.13 Å². The van der Waals surface area contributed by atoms with Gasteiger partial charge in [0.15, 0.2) is 0 Å². The van der Waals surface area contributed by atoms with Crippen molar-refractivity contribution >= 4 is 65.2 Å². The molecule has 3 nitrogen and oxygen atoms in total. The number of rotatable bonds is 3. The second-order valence-corrected chi connectivity index (χ2v) is 12.5. The van der Waals surface area contributed by atoms with Crippen LogP contribution < -0.4 is 0 Å². The van der Waals surface area contributed by atoms with Gasteiger partial charge in [0.25, 0.3) is 0 Å². The van der Waals surface area contributed by atoms with Crippen molar-refractivity contribution in [3.8, 4) is 28.6 Å². The highest BCUT2D eigenvalue weighted by molar-refractivity contribution is 6.17. The molecule has 0 saturated heterocycles. The predicted octanol–water partition coefficient (Wildman–Crippen LogP) is 11.7. The summed E-state index contributed by atoms with van der Waals surface area (Å²) in [5, 5.41) is 19.0. The van der Waals surface area contributed by atoms with E-state index in [2.05, 4.69) is 167 Å². The fourth-order valence-corrected chi connectivity index (χ4v) is 7.79. The Morgan fingerprint density at radius 3 is 1.92 bits per heavy atom. The molecule has 2 heterocycles. The molecule has 0 bridgehead atoms. The lowest BCUT2D eigenvalue weighted by Gasteiger charge is -2.12. The van der Waals surface area contributed by atoms with Crippen LogP contribution in [0.25, 0.3) is 87.7 Å². The topological polar surface area (TPSA) is 33.6 Å². The highest BCUT2D eigenvalue weighted by Gasteiger charge is 2.18. The number of aromatic nitrogens is 2. The summed E-state index contributed by atoms with van der Waals surface area (Å²) in [5.41, 5.74) is 10.1. The summed E-state index contributed by atoms with van der Waals surface area (Å²) < 4.78 is 4.78. The van der Waals surface area contributed by atoms with Gasteiger partial charge in [0.1, 0.15) is 0 Å². The van der Waals surface area contributed by atoms with E-state index >= 15 is 0 Å². The summed E-state index contributed by atoms with van der Waals surface area (Å²) in [5.74, 6) is 0. The molecule has 0 N–H and O–H groups in total. The van der Waals surface area contributed by atoms with Crippen LogP contribution in [0.5, 0.6) is 0 Å². The zero-order chi connectivity index (χ0) is 31.8. The van der Waals surface area contributed by atoms with Gasteiger partial charge in [0.05, 0.1) is 33.7 Å². The van der Waals surface area contributed by atoms with E-state index in [-0.39, 0.29) is 0 Å². The summed E-state index contributed by atoms with van der Waals surface area (Å²) >= 11 is 0. The van der Waals surface area contributed by atoms with E-state index in [1.807, 2.05) is 12.1 Å². The number of hydrogen-bond acceptors (Lipinski definition) is 1. The molecule has 48 heavy (non-hydrogen) atoms. The average Bonchev–Trinajstić information content (AvgIpc) is 3.67. The monoisotopic (exact) mass is 609 g/mol. The Balaban J connectivity index is 1.24. The lowest BCUT2D eigenvalue weighted by molar-refractivity contribution is 1.18. The van der Waals surface area contributed by atoms with Gasteiger partial charge in [-0.1, -0.05) is 103 Å². The minimum absolute atomic E-state index is 0.676. The van der Waals surface area contributed by atoms with Gasteiger partial charge in [-0.05, 0) is 93.3 Å². The molecular formula is C45H27N3. The largest absolute Gasteiger partial charge is 0.309 e. The third-order valence-corrected chi connectivity index (χ3v) is 9.91. The van der Waals surface area contributed by atoms with Gasteiger partial charge in [-0.3, -0.25) is 0 Å². The number of benzene rings is 8. The third-order valence-electron chi connectivity index (χ3n) is 9.91. The summed E-state index contributed by atoms with van der Waals surface area (Å²) in [6, 6.07) is 60.9. The predicted molar refractivity (Wildman–Crippen MR) is 200 cm³/mol. The first-order chi connectivity index (χ1) is 23.8. The smallest absolute Gasteiger partial charge is 0.0991 e. The fraction of sp³-hybridized carbons (Fsp3) is 0. The van der Waals surface area contributed by atoms with Crippen LogP contribution in [0.4, 0.5) is 0 Å². The number of para-hydroxylation sites is 3. The van der Waals surface area contributed by atoms with E-state index in [4.69, 9.17) is 0 Å². The first kappa shape index (κ1) is 26.6. The number of nitriles is 1. The Hall–Kier alpha value is -6.63. The minimum Gasteiger partial charge on any atom is -0.309 e. The first-order valence-corrected chi connectivity index (χ1v) is 16.2. The molecule has 8 aromatic carbocycles. The standard InChI is InChI=1S/C45H27N3/c46-28-29-17-23-35-31(25-29)19-18-30-20-22-34(27-40(30)35)48-42-15-7-5-12-39(42)45-36(13-8-16-43(45)48)32-21-24-38-37-11-4-6-14-41(37)47(44(38)26-32)33-9-2-1-3-10-33/h1-27H. The second kappa shape index (κ2) is 10.2. The molecule has 0 aliphatic heterocycles. The lowest BCUT2D eigenvalue weighted by atomic mass is 9.98. The molecule has 0 amide bonds. The van der Waals surface area contributed by atoms with Crippen molar-refractivity contribution in [3.63, 3.8) is 0 Å². The van der Waals surface area contributed by atoms with E-state index in [1.165, 1.54) is 65.5 Å². The molecule has 0 atom stereocenters. The summed E-state index contributed by atoms with van der Waals surface area (Å²) in [6.45, 7) is 0. The number of hydrogen-bond donors (Lipinski definition) is 0. The van der Waals surface area contributed by atoms with Gasteiger partial charge >= 0.3 is 0 Å². The molecule has 0 aliphatic rings. The maximum atomic E-state index is 9.48. The van der Waals surface area contributed by atoms with Crippen molar-refractivity contribution < 1.29 is 0 Å². The summed E-state index contributed by atoms with van der Waals surface area (Å²) in [4.78, 5) is 0. The first-order valence-electron chi connectivity index (χ1n) is 16.2. The number of fused-ring (bicyclic) bond motifs is 9. The van der Waals surface area contributed by atoms with Crippen LogP contribution in [-0.2, 0) is 0 Å². The fourth-order valence-electron chi connectivity index (χ4n) is 7.79. The summed E-state index contributed by atoms with van der Waals surface area (Å²) in [7, 11) is 0. The van der Waals surface area contributed by atoms with Gasteiger partial charge in [-0.2, -0.15) is 5.26 Å². The average molecular weight is 610 g/mol. The van der Waals surface area contributed by atoms with Crippen LogP contribution in [0.2, 0.25) is 0 Å². The van der Waals surface area contributed by atoms with Gasteiger partial charge in [-0.15, -0.1) is 0 Å². The molecular weight excluding hydrogens is 583 g/mol. The zero-order valence-electron chi connectivity index (χ0n) is 25.9. The van der Waals surface area contributed by atoms with Crippen molar-refractivity contribution in [2.24, 2.45) is 0 Å². The highest BCUT2D eigenvalue weighted by Crippen LogP contribution is 2.41. The molecule has 0 unspecified atom stereocenters. The molecule has 0 fully saturated rings. The van der Waals surface area contributed by atoms with Crippen molar-refractivity contribution in [2.45, 2.75) is 0 Å². The lowest BCUT2D eigenvalue weighted by Crippen LogP contribution is -1.94. The van der Waals surface area contributed by atoms with Crippen molar-refractivity contribution in [1.29, 1.82) is 5.26 Å². The van der Waals surface area contributed by atoms with Crippen LogP contribution in [0.1, 0.15) is 5.56 Å². The second-order valence-electron chi connectivity index (χ2n) is 12.5. The van der Waals surface area contributed by atoms with Gasteiger partial charge in [0.2, 0.25) is 0 Å². The van der Waals surface area contributed by atoms with Crippen LogP contribution in [-0.4, -0.2) is 9.13 Å². The normalized spacial score (nSPS) is 11.7. The maximum Gasteiger partial charge on any atom is 0.0991 e. The Bertz CT molecular complexity index is 2950. The Kier molecular flexibility index (Phi) is 5.64. The molecule has 10 rings (SSSR count). The minimum atomic E-state index is 0.676. The highest BCUT2D eigenvalue weighted by atomic mass is 15.0. The molecule has 3 heteroatoms. The number of nitrogens with zero attached hydrogens (tertiary/aromatic N) is 3. The van der Waals surface area contributed by atoms with Gasteiger partial charge < -0.3 is 9.13 Å². The van der Waals surface area contributed by atoms with E-state index in [9.17, 15) is 5.26 Å². The Labute approximate surface area is 276 Å². The zero-order valence-corrected chi connectivity index (χ0v) is 25.9. The Morgan fingerprint density at radius 2 is 1.06 bits per heavy atom.